The fraction of sp³-hybridized carbons (Fsp3) is 0.514. The number of carbonyl (C=O) groups is 1. The molecule has 13 heteroatoms. The van der Waals surface area contributed by atoms with E-state index in [2.05, 4.69) is 66.3 Å². The number of pyridine rings is 2. The number of anilines is 2. The third-order valence-electron chi connectivity index (χ3n) is 8.85. The first kappa shape index (κ1) is 37.1. The first-order chi connectivity index (χ1) is 22.3. The van der Waals surface area contributed by atoms with Gasteiger partial charge in [-0.1, -0.05) is 27.7 Å². The Morgan fingerprint density at radius 2 is 1.71 bits per heavy atom. The molecule has 1 saturated heterocycles. The summed E-state index contributed by atoms with van der Waals surface area (Å²) in [5.74, 6) is -2.89. The van der Waals surface area contributed by atoms with E-state index in [4.69, 9.17) is 9.16 Å². The highest BCUT2D eigenvalue weighted by Gasteiger charge is 2.45. The summed E-state index contributed by atoms with van der Waals surface area (Å²) in [5.41, 5.74) is 0.105. The number of rotatable bonds is 9. The average Bonchev–Trinajstić information content (AvgIpc) is 2.97. The van der Waals surface area contributed by atoms with Crippen molar-refractivity contribution in [1.29, 1.82) is 0 Å². The summed E-state index contributed by atoms with van der Waals surface area (Å²) < 4.78 is 56.9. The van der Waals surface area contributed by atoms with Gasteiger partial charge in [0.15, 0.2) is 8.32 Å². The number of aliphatic hydroxyl groups excluding tert-OH is 1. The van der Waals surface area contributed by atoms with Gasteiger partial charge < -0.3 is 29.8 Å². The van der Waals surface area contributed by atoms with Crippen LogP contribution >= 0.6 is 0 Å². The molecule has 4 rings (SSSR count). The fourth-order valence-electron chi connectivity index (χ4n) is 5.45. The Morgan fingerprint density at radius 3 is 2.31 bits per heavy atom. The number of carbonyl (C=O) groups excluding carboxylic acids is 1. The Labute approximate surface area is 282 Å². The summed E-state index contributed by atoms with van der Waals surface area (Å²) in [4.78, 5) is 23.7. The first-order valence-electron chi connectivity index (χ1n) is 16.1. The summed E-state index contributed by atoms with van der Waals surface area (Å²) in [6.07, 6.45) is 2.57. The van der Waals surface area contributed by atoms with Crippen LogP contribution in [0.15, 0.2) is 42.7 Å². The van der Waals surface area contributed by atoms with Gasteiger partial charge in [0.1, 0.15) is 28.7 Å². The summed E-state index contributed by atoms with van der Waals surface area (Å²) in [7, 11) is -2.21. The van der Waals surface area contributed by atoms with Crippen LogP contribution in [0.2, 0.25) is 18.1 Å². The Morgan fingerprint density at radius 1 is 1.04 bits per heavy atom. The third-order valence-corrected chi connectivity index (χ3v) is 13.3. The smallest absolute Gasteiger partial charge is 0.408 e. The van der Waals surface area contributed by atoms with E-state index in [-0.39, 0.29) is 35.2 Å². The minimum absolute atomic E-state index is 0.0252. The SMILES string of the molecule is C[C@H]1CN(c2ccncc2NCc2ccc(F)c(-c3c(F)cc(CO)cc3F)n2)C[C@@H](NC(=O)OC(C)(C)C)[C@@H]1O[Si](C)(C)C(C)(C)C. The molecule has 0 saturated carbocycles. The molecule has 1 aromatic carbocycles. The second-order valence-corrected chi connectivity index (χ2v) is 19.7. The van der Waals surface area contributed by atoms with Crippen molar-refractivity contribution in [3.05, 3.63) is 71.4 Å². The number of alkyl carbamates (subject to hydrolysis) is 1. The minimum Gasteiger partial charge on any atom is -0.444 e. The van der Waals surface area contributed by atoms with E-state index < -0.39 is 55.3 Å². The number of nitrogens with one attached hydrogen (secondary N) is 2. The molecule has 1 aliphatic rings. The molecule has 1 fully saturated rings. The molecule has 0 radical (unpaired) electrons. The van der Waals surface area contributed by atoms with Crippen LogP contribution in [-0.4, -0.2) is 60.3 Å². The second kappa shape index (κ2) is 14.4. The molecule has 3 heterocycles. The number of nitrogens with zero attached hydrogens (tertiary/aromatic N) is 3. The number of aliphatic hydroxyl groups is 1. The normalized spacial score (nSPS) is 18.9. The van der Waals surface area contributed by atoms with Gasteiger partial charge in [-0.2, -0.15) is 0 Å². The summed E-state index contributed by atoms with van der Waals surface area (Å²) in [5, 5.41) is 15.6. The molecule has 0 bridgehead atoms. The maximum Gasteiger partial charge on any atom is 0.408 e. The van der Waals surface area contributed by atoms with Gasteiger partial charge in [-0.25, -0.2) is 22.9 Å². The lowest BCUT2D eigenvalue weighted by Gasteiger charge is -2.48. The molecular weight excluding hydrogens is 639 g/mol. The maximum absolute atomic E-state index is 14.8. The average molecular weight is 688 g/mol. The lowest BCUT2D eigenvalue weighted by molar-refractivity contribution is 0.0336. The van der Waals surface area contributed by atoms with Gasteiger partial charge in [-0.3, -0.25) is 4.98 Å². The number of piperidine rings is 1. The zero-order valence-electron chi connectivity index (χ0n) is 29.2. The van der Waals surface area contributed by atoms with Crippen molar-refractivity contribution in [1.82, 2.24) is 15.3 Å². The molecule has 2 aromatic heterocycles. The maximum atomic E-state index is 14.8. The standard InChI is InChI=1S/C35H48F3N5O4Si/c1-21-18-43(19-28(42-33(45)46-34(2,3)4)32(21)47-48(8,9)35(5,6)7)29-12-13-39-17-27(29)40-16-23-10-11-24(36)31(41-23)30-25(37)14-22(20-44)15-26(30)38/h10-15,17,21,28,32,40,44H,16,18-20H2,1-9H3,(H,42,45)/t21-,28+,32+/m0/s1. The molecule has 262 valence electrons. The Bertz CT molecular complexity index is 1590. The zero-order valence-corrected chi connectivity index (χ0v) is 30.2. The molecule has 3 aromatic rings. The quantitative estimate of drug-likeness (QED) is 0.200. The van der Waals surface area contributed by atoms with Gasteiger partial charge in [0, 0.05) is 25.2 Å². The molecular formula is C35H48F3N5O4Si. The highest BCUT2D eigenvalue weighted by Crippen LogP contribution is 2.40. The Hall–Kier alpha value is -3.68. The molecule has 0 unspecified atom stereocenters. The van der Waals surface area contributed by atoms with Crippen LogP contribution in [0.25, 0.3) is 11.3 Å². The van der Waals surface area contributed by atoms with Crippen LogP contribution in [0.5, 0.6) is 0 Å². The highest BCUT2D eigenvalue weighted by atomic mass is 28.4. The molecule has 0 aliphatic carbocycles. The van der Waals surface area contributed by atoms with Crippen molar-refractivity contribution < 1.29 is 32.2 Å². The van der Waals surface area contributed by atoms with Crippen LogP contribution in [0, 0.1) is 23.4 Å². The van der Waals surface area contributed by atoms with E-state index in [1.54, 1.807) is 12.4 Å². The number of halogens is 3. The molecule has 48 heavy (non-hydrogen) atoms. The molecule has 1 amide bonds. The van der Waals surface area contributed by atoms with Crippen molar-refractivity contribution in [2.24, 2.45) is 5.92 Å². The van der Waals surface area contributed by atoms with Gasteiger partial charge in [0.2, 0.25) is 0 Å². The number of amides is 1. The molecule has 3 N–H and O–H groups in total. The summed E-state index contributed by atoms with van der Waals surface area (Å²) in [6, 6.07) is 5.95. The van der Waals surface area contributed by atoms with Gasteiger partial charge in [-0.05, 0) is 74.8 Å². The first-order valence-corrected chi connectivity index (χ1v) is 19.0. The van der Waals surface area contributed by atoms with Crippen LogP contribution in [0.4, 0.5) is 29.3 Å². The monoisotopic (exact) mass is 687 g/mol. The van der Waals surface area contributed by atoms with Crippen molar-refractivity contribution >= 4 is 25.8 Å². The summed E-state index contributed by atoms with van der Waals surface area (Å²) >= 11 is 0. The zero-order chi connectivity index (χ0) is 35.6. The predicted molar refractivity (Wildman–Crippen MR) is 184 cm³/mol. The summed E-state index contributed by atoms with van der Waals surface area (Å²) in [6.45, 7) is 19.1. The highest BCUT2D eigenvalue weighted by molar-refractivity contribution is 6.74. The number of hydrogen-bond acceptors (Lipinski definition) is 8. The van der Waals surface area contributed by atoms with Gasteiger partial charge in [-0.15, -0.1) is 0 Å². The van der Waals surface area contributed by atoms with E-state index in [0.29, 0.717) is 24.5 Å². The van der Waals surface area contributed by atoms with Crippen molar-refractivity contribution in [3.63, 3.8) is 0 Å². The molecule has 0 spiro atoms. The van der Waals surface area contributed by atoms with Crippen molar-refractivity contribution in [2.45, 2.75) is 97.5 Å². The molecule has 3 atom stereocenters. The number of benzene rings is 1. The topological polar surface area (TPSA) is 109 Å². The van der Waals surface area contributed by atoms with Crippen LogP contribution < -0.4 is 15.5 Å². The van der Waals surface area contributed by atoms with E-state index in [1.807, 2.05) is 26.8 Å². The van der Waals surface area contributed by atoms with Gasteiger partial charge >= 0.3 is 6.09 Å². The van der Waals surface area contributed by atoms with Crippen LogP contribution in [-0.2, 0) is 22.3 Å². The van der Waals surface area contributed by atoms with E-state index in [1.165, 1.54) is 6.07 Å². The van der Waals surface area contributed by atoms with E-state index in [0.717, 1.165) is 23.9 Å². The third kappa shape index (κ3) is 8.86. The largest absolute Gasteiger partial charge is 0.444 e. The predicted octanol–water partition coefficient (Wildman–Crippen LogP) is 7.41. The fourth-order valence-corrected chi connectivity index (χ4v) is 6.88. The van der Waals surface area contributed by atoms with Crippen molar-refractivity contribution in [2.75, 3.05) is 23.3 Å². The van der Waals surface area contributed by atoms with E-state index >= 15 is 0 Å². The van der Waals surface area contributed by atoms with Gasteiger partial charge in [0.05, 0.1) is 54.1 Å². The number of aromatic nitrogens is 2. The second-order valence-electron chi connectivity index (χ2n) is 14.9. The van der Waals surface area contributed by atoms with Gasteiger partial charge in [0.25, 0.3) is 0 Å². The van der Waals surface area contributed by atoms with Crippen LogP contribution in [0.3, 0.4) is 0 Å². The lowest BCUT2D eigenvalue weighted by atomic mass is 9.92. The molecule has 9 nitrogen and oxygen atoms in total. The Balaban J connectivity index is 1.59. The molecule has 1 aliphatic heterocycles. The number of ether oxygens (including phenoxy) is 1. The minimum atomic E-state index is -2.21. The Kier molecular flexibility index (Phi) is 11.2. The lowest BCUT2D eigenvalue weighted by Crippen LogP contribution is -2.62. The number of hydrogen-bond donors (Lipinski definition) is 3. The van der Waals surface area contributed by atoms with Crippen LogP contribution in [0.1, 0.15) is 59.7 Å². The van der Waals surface area contributed by atoms with Crippen molar-refractivity contribution in [3.8, 4) is 11.3 Å². The van der Waals surface area contributed by atoms with E-state index in [9.17, 15) is 23.1 Å².